The van der Waals surface area contributed by atoms with Crippen molar-refractivity contribution >= 4 is 0 Å². The van der Waals surface area contributed by atoms with Gasteiger partial charge in [0.15, 0.2) is 0 Å². The van der Waals surface area contributed by atoms with Crippen molar-refractivity contribution in [2.24, 2.45) is 17.8 Å². The zero-order chi connectivity index (χ0) is 17.0. The SMILES string of the molecule is CC.CC.CC(C)CN1C[CH-]N(CC2CCC(C)CC2)[CH-]C1.[Rb+].[Rb+].[Rb+].[Rb+]. The first-order chi connectivity index (χ1) is 10.6. The smallest absolute Gasteiger partial charge is 0.603 e. The van der Waals surface area contributed by atoms with Crippen LogP contribution in [-0.4, -0.2) is 36.0 Å². The Balaban J connectivity index is -0.000000172. The van der Waals surface area contributed by atoms with Crippen molar-refractivity contribution in [1.82, 2.24) is 9.80 Å². The van der Waals surface area contributed by atoms with Gasteiger partial charge in [-0.25, -0.2) is 0 Å². The molecule has 0 spiro atoms. The quantitative estimate of drug-likeness (QED) is 0.279. The summed E-state index contributed by atoms with van der Waals surface area (Å²) in [6, 6.07) is 0. The maximum Gasteiger partial charge on any atom is 1.00 e. The van der Waals surface area contributed by atoms with E-state index in [2.05, 4.69) is 43.7 Å². The summed E-state index contributed by atoms with van der Waals surface area (Å²) in [5.74, 6) is 2.68. The summed E-state index contributed by atoms with van der Waals surface area (Å²) in [4.78, 5) is 5.00. The van der Waals surface area contributed by atoms with Gasteiger partial charge >= 0.3 is 233 Å². The minimum atomic E-state index is 0. The van der Waals surface area contributed by atoms with Gasteiger partial charge in [0.05, 0.1) is 0 Å². The van der Waals surface area contributed by atoms with Gasteiger partial charge in [-0.2, -0.15) is 0 Å². The minimum Gasteiger partial charge on any atom is -0.603 e. The van der Waals surface area contributed by atoms with Crippen LogP contribution in [0, 0.1) is 30.8 Å². The fourth-order valence-corrected chi connectivity index (χ4v) is 3.21. The summed E-state index contributed by atoms with van der Waals surface area (Å²) in [5, 5.41) is 0. The third-order valence-corrected chi connectivity index (χ3v) is 4.38. The fourth-order valence-electron chi connectivity index (χ4n) is 3.21. The fraction of sp³-hybridized carbons (Fsp3) is 0.900. The van der Waals surface area contributed by atoms with E-state index in [0.717, 1.165) is 30.8 Å². The molecule has 2 aliphatic rings. The molecule has 0 bridgehead atoms. The third kappa shape index (κ3) is 22.9. The maximum absolute atomic E-state index is 2.53. The van der Waals surface area contributed by atoms with E-state index in [4.69, 9.17) is 0 Å². The van der Waals surface area contributed by atoms with Crippen LogP contribution in [0.5, 0.6) is 0 Å². The molecule has 0 radical (unpaired) electrons. The topological polar surface area (TPSA) is 6.48 Å². The van der Waals surface area contributed by atoms with Gasteiger partial charge in [0.25, 0.3) is 0 Å². The molecule has 1 saturated heterocycles. The molecular weight excluding hydrogens is 610 g/mol. The van der Waals surface area contributed by atoms with Crippen LogP contribution >= 0.6 is 0 Å². The molecule has 0 N–H and O–H groups in total. The van der Waals surface area contributed by atoms with Crippen LogP contribution in [0.1, 0.15) is 74.1 Å². The minimum absolute atomic E-state index is 0. The first kappa shape index (κ1) is 43.2. The molecule has 0 amide bonds. The third-order valence-electron chi connectivity index (χ3n) is 4.38. The van der Waals surface area contributed by atoms with E-state index in [1.54, 1.807) is 0 Å². The number of piperazine rings is 1. The number of hydrogen-bond acceptors (Lipinski definition) is 2. The van der Waals surface area contributed by atoms with Gasteiger partial charge < -0.3 is 9.80 Å². The van der Waals surface area contributed by atoms with Gasteiger partial charge in [0.2, 0.25) is 0 Å². The second-order valence-corrected chi connectivity index (χ2v) is 6.80. The van der Waals surface area contributed by atoms with E-state index in [9.17, 15) is 0 Å². The van der Waals surface area contributed by atoms with Crippen LogP contribution < -0.4 is 233 Å². The van der Waals surface area contributed by atoms with Crippen molar-refractivity contribution < 1.29 is 233 Å². The van der Waals surface area contributed by atoms with E-state index >= 15 is 0 Å². The van der Waals surface area contributed by atoms with Crippen LogP contribution in [0.3, 0.4) is 0 Å². The predicted octanol–water partition coefficient (Wildman–Crippen LogP) is -6.52. The van der Waals surface area contributed by atoms with Crippen LogP contribution in [0.2, 0.25) is 0 Å². The second kappa shape index (κ2) is 30.2. The van der Waals surface area contributed by atoms with Crippen LogP contribution in [0.4, 0.5) is 0 Å². The normalized spacial score (nSPS) is 22.6. The zero-order valence-corrected chi connectivity index (χ0v) is 40.1. The van der Waals surface area contributed by atoms with Gasteiger partial charge in [-0.3, -0.25) is 13.1 Å². The molecule has 2 fully saturated rings. The molecule has 0 aromatic carbocycles. The van der Waals surface area contributed by atoms with Crippen LogP contribution in [-0.2, 0) is 0 Å². The molecule has 6 heteroatoms. The van der Waals surface area contributed by atoms with Gasteiger partial charge in [0.1, 0.15) is 0 Å². The number of hydrogen-bond donors (Lipinski definition) is 0. The van der Waals surface area contributed by atoms with Crippen molar-refractivity contribution in [2.75, 3.05) is 26.2 Å². The van der Waals surface area contributed by atoms with Gasteiger partial charge in [0, 0.05) is 0 Å². The van der Waals surface area contributed by atoms with Crippen LogP contribution in [0.15, 0.2) is 0 Å². The zero-order valence-electron chi connectivity index (χ0n) is 20.4. The Morgan fingerprint density at radius 1 is 0.808 bits per heavy atom. The maximum atomic E-state index is 2.53. The number of rotatable bonds is 4. The molecule has 1 heterocycles. The monoisotopic (exact) mass is 650 g/mol. The van der Waals surface area contributed by atoms with Crippen LogP contribution in [0.25, 0.3) is 0 Å². The summed E-state index contributed by atoms with van der Waals surface area (Å²) in [5.41, 5.74) is 0. The van der Waals surface area contributed by atoms with E-state index in [0.29, 0.717) is 0 Å². The Hall–Kier alpha value is 7.14. The second-order valence-electron chi connectivity index (χ2n) is 6.80. The van der Waals surface area contributed by atoms with Crippen molar-refractivity contribution in [3.63, 3.8) is 0 Å². The predicted molar refractivity (Wildman–Crippen MR) is 100 cm³/mol. The van der Waals surface area contributed by atoms with Crippen molar-refractivity contribution in [3.8, 4) is 0 Å². The summed E-state index contributed by atoms with van der Waals surface area (Å²) >= 11 is 0. The summed E-state index contributed by atoms with van der Waals surface area (Å²) < 4.78 is 0. The van der Waals surface area contributed by atoms with Crippen molar-refractivity contribution in [1.29, 1.82) is 0 Å². The molecule has 134 valence electrons. The molecule has 2 rings (SSSR count). The summed E-state index contributed by atoms with van der Waals surface area (Å²) in [7, 11) is 0. The van der Waals surface area contributed by atoms with E-state index in [1.807, 2.05) is 27.7 Å². The molecule has 1 saturated carbocycles. The summed E-state index contributed by atoms with van der Waals surface area (Å²) in [6.45, 7) is 24.6. The Labute approximate surface area is 362 Å². The van der Waals surface area contributed by atoms with Gasteiger partial charge in [-0.05, 0) is 37.1 Å². The first-order valence-electron chi connectivity index (χ1n) is 9.78. The van der Waals surface area contributed by atoms with E-state index < -0.39 is 0 Å². The standard InChI is InChI=1S/C16H30N2.2C2H6.4Rb/c1-14(2)12-17-8-10-18(11-9-17)13-16-6-4-15(3)5-7-16;2*1-2;;;;/h10-11,14-16H,4-9,12-13H2,1-3H3;2*1-2H3;;;;/q-2;;;4*+1. The first-order valence-corrected chi connectivity index (χ1v) is 9.78. The molecule has 2 nitrogen and oxygen atoms in total. The molecule has 0 aromatic heterocycles. The molecule has 0 atom stereocenters. The summed E-state index contributed by atoms with van der Waals surface area (Å²) in [6.07, 6.45) is 5.76. The Kier molecular flexibility index (Phi) is 50.2. The molecule has 1 aliphatic heterocycles. The van der Waals surface area contributed by atoms with E-state index in [1.165, 1.54) is 38.8 Å². The largest absolute Gasteiger partial charge is 1.00 e. The molecule has 0 aromatic rings. The molecule has 1 aliphatic carbocycles. The molecule has 26 heavy (non-hydrogen) atoms. The van der Waals surface area contributed by atoms with Gasteiger partial charge in [-0.1, -0.05) is 67.9 Å². The number of nitrogens with zero attached hydrogens (tertiary/aromatic N) is 2. The van der Waals surface area contributed by atoms with Crippen molar-refractivity contribution in [3.05, 3.63) is 13.1 Å². The van der Waals surface area contributed by atoms with E-state index in [-0.39, 0.29) is 233 Å². The average Bonchev–Trinajstić information content (AvgIpc) is 2.55. The Morgan fingerprint density at radius 2 is 1.23 bits per heavy atom. The van der Waals surface area contributed by atoms with Gasteiger partial charge in [-0.15, -0.1) is 13.1 Å². The Bertz CT molecular complexity index is 240. The molecule has 0 unspecified atom stereocenters. The average molecular weight is 652 g/mol. The molecular formula is C20H42N2Rb4+2. The van der Waals surface area contributed by atoms with Crippen molar-refractivity contribution in [2.45, 2.75) is 74.1 Å². The Morgan fingerprint density at radius 3 is 1.62 bits per heavy atom.